The predicted molar refractivity (Wildman–Crippen MR) is 50.6 cm³/mol. The van der Waals surface area contributed by atoms with Crippen LogP contribution in [0.1, 0.15) is 26.2 Å². The topological polar surface area (TPSA) is 20.2 Å². The minimum Gasteiger partial charge on any atom is -0.385 e. The largest absolute Gasteiger partial charge is 0.404 e. The molecule has 0 amide bonds. The summed E-state index contributed by atoms with van der Waals surface area (Å²) in [7, 11) is 0. The van der Waals surface area contributed by atoms with E-state index in [1.54, 1.807) is 0 Å². The number of alkyl halides is 6. The van der Waals surface area contributed by atoms with Crippen LogP contribution < -0.4 is 0 Å². The van der Waals surface area contributed by atoms with Crippen molar-refractivity contribution in [1.29, 1.82) is 0 Å². The van der Waals surface area contributed by atoms with Gasteiger partial charge in [-0.2, -0.15) is 26.3 Å². The second-order valence-electron chi connectivity index (χ2n) is 5.08. The van der Waals surface area contributed by atoms with Gasteiger partial charge in [-0.25, -0.2) is 0 Å². The van der Waals surface area contributed by atoms with Gasteiger partial charge in [0.25, 0.3) is 0 Å². The first kappa shape index (κ1) is 13.7. The Balaban J connectivity index is 2.51. The van der Waals surface area contributed by atoms with Gasteiger partial charge in [0.2, 0.25) is 0 Å². The summed E-state index contributed by atoms with van der Waals surface area (Å²) < 4.78 is 76.0. The molecule has 2 aliphatic carbocycles. The van der Waals surface area contributed by atoms with Crippen molar-refractivity contribution in [3.05, 3.63) is 11.1 Å². The van der Waals surface area contributed by atoms with Crippen molar-refractivity contribution in [1.82, 2.24) is 0 Å². The van der Waals surface area contributed by atoms with Crippen LogP contribution in [-0.2, 0) is 0 Å². The molecule has 0 saturated heterocycles. The number of allylic oxidation sites excluding steroid dienone is 1. The first-order valence-corrected chi connectivity index (χ1v) is 5.54. The zero-order chi connectivity index (χ0) is 13.9. The third-order valence-electron chi connectivity index (χ3n) is 3.97. The third kappa shape index (κ3) is 1.92. The highest BCUT2D eigenvalue weighted by atomic mass is 19.4. The maximum atomic E-state index is 12.7. The third-order valence-corrected chi connectivity index (χ3v) is 3.97. The van der Waals surface area contributed by atoms with Gasteiger partial charge in [0.15, 0.2) is 5.92 Å². The summed E-state index contributed by atoms with van der Waals surface area (Å²) in [6, 6.07) is 0. The molecule has 0 aromatic rings. The molecule has 0 spiro atoms. The Hall–Kier alpha value is -0.720. The molecule has 0 heterocycles. The summed E-state index contributed by atoms with van der Waals surface area (Å²) in [5, 5.41) is 10.0. The molecule has 1 N–H and O–H groups in total. The van der Waals surface area contributed by atoms with E-state index in [0.717, 1.165) is 0 Å². The van der Waals surface area contributed by atoms with Crippen LogP contribution in [0.15, 0.2) is 11.1 Å². The fourth-order valence-electron chi connectivity index (χ4n) is 3.24. The van der Waals surface area contributed by atoms with E-state index in [4.69, 9.17) is 0 Å². The van der Waals surface area contributed by atoms with Gasteiger partial charge in [-0.15, -0.1) is 0 Å². The van der Waals surface area contributed by atoms with Crippen molar-refractivity contribution in [3.8, 4) is 0 Å². The molecule has 1 fully saturated rings. The van der Waals surface area contributed by atoms with Crippen LogP contribution in [-0.4, -0.2) is 23.1 Å². The number of halogens is 6. The molecule has 0 aliphatic heterocycles. The first-order valence-electron chi connectivity index (χ1n) is 5.54. The number of hydrogen-bond acceptors (Lipinski definition) is 1. The van der Waals surface area contributed by atoms with Crippen molar-refractivity contribution < 1.29 is 31.4 Å². The van der Waals surface area contributed by atoms with Crippen LogP contribution >= 0.6 is 0 Å². The van der Waals surface area contributed by atoms with Crippen LogP contribution in [0.25, 0.3) is 0 Å². The second kappa shape index (κ2) is 3.65. The minimum atomic E-state index is -5.42. The Bertz CT molecular complexity index is 379. The van der Waals surface area contributed by atoms with Crippen LogP contribution in [0.5, 0.6) is 0 Å². The number of aliphatic hydroxyl groups is 1. The van der Waals surface area contributed by atoms with Gasteiger partial charge < -0.3 is 5.11 Å². The molecule has 2 bridgehead atoms. The molecule has 7 heteroatoms. The van der Waals surface area contributed by atoms with Gasteiger partial charge in [0.1, 0.15) is 0 Å². The summed E-state index contributed by atoms with van der Waals surface area (Å²) >= 11 is 0. The molecule has 104 valence electrons. The van der Waals surface area contributed by atoms with Gasteiger partial charge in [-0.05, 0) is 37.7 Å². The molecule has 2 rings (SSSR count). The van der Waals surface area contributed by atoms with Gasteiger partial charge in [-0.3, -0.25) is 0 Å². The highest BCUT2D eigenvalue weighted by Crippen LogP contribution is 2.58. The summed E-state index contributed by atoms with van der Waals surface area (Å²) in [4.78, 5) is 0. The SMILES string of the molecule is CC1=C(C(C(F)(F)F)C(F)(F)F)C2(O)CCC1C2. The van der Waals surface area contributed by atoms with Crippen LogP contribution in [0.3, 0.4) is 0 Å². The van der Waals surface area contributed by atoms with E-state index in [1.807, 2.05) is 0 Å². The Morgan fingerprint density at radius 2 is 1.67 bits per heavy atom. The lowest BCUT2D eigenvalue weighted by Gasteiger charge is -2.34. The van der Waals surface area contributed by atoms with Crippen LogP contribution in [0.4, 0.5) is 26.3 Å². The first-order chi connectivity index (χ1) is 7.97. The molecule has 0 aromatic carbocycles. The molecule has 18 heavy (non-hydrogen) atoms. The summed E-state index contributed by atoms with van der Waals surface area (Å²) in [6.45, 7) is 1.27. The highest BCUT2D eigenvalue weighted by molar-refractivity contribution is 5.38. The Kier molecular flexibility index (Phi) is 2.78. The van der Waals surface area contributed by atoms with E-state index in [9.17, 15) is 31.4 Å². The van der Waals surface area contributed by atoms with Crippen molar-refractivity contribution in [2.75, 3.05) is 0 Å². The molecule has 2 atom stereocenters. The zero-order valence-electron chi connectivity index (χ0n) is 9.49. The van der Waals surface area contributed by atoms with Crippen molar-refractivity contribution in [2.24, 2.45) is 11.8 Å². The van der Waals surface area contributed by atoms with E-state index in [2.05, 4.69) is 0 Å². The van der Waals surface area contributed by atoms with Gasteiger partial charge in [0.05, 0.1) is 5.60 Å². The fraction of sp³-hybridized carbons (Fsp3) is 0.818. The second-order valence-corrected chi connectivity index (χ2v) is 5.08. The maximum Gasteiger partial charge on any atom is 0.404 e. The van der Waals surface area contributed by atoms with Crippen LogP contribution in [0, 0.1) is 11.8 Å². The lowest BCUT2D eigenvalue weighted by Crippen LogP contribution is -2.44. The summed E-state index contributed by atoms with van der Waals surface area (Å²) in [6.07, 6.45) is -10.4. The molecule has 2 unspecified atom stereocenters. The number of rotatable bonds is 1. The average molecular weight is 274 g/mol. The van der Waals surface area contributed by atoms with Crippen molar-refractivity contribution in [3.63, 3.8) is 0 Å². The quantitative estimate of drug-likeness (QED) is 0.572. The predicted octanol–water partition coefficient (Wildman–Crippen LogP) is 3.59. The molecular formula is C11H12F6O. The Labute approximate surface area is 99.5 Å². The van der Waals surface area contributed by atoms with E-state index < -0.39 is 29.4 Å². The smallest absolute Gasteiger partial charge is 0.385 e. The normalized spacial score (nSPS) is 32.8. The fourth-order valence-corrected chi connectivity index (χ4v) is 3.24. The summed E-state index contributed by atoms with van der Waals surface area (Å²) in [5.74, 6) is -3.89. The molecule has 2 aliphatic rings. The monoisotopic (exact) mass is 274 g/mol. The van der Waals surface area contributed by atoms with Crippen LogP contribution in [0.2, 0.25) is 0 Å². The van der Waals surface area contributed by atoms with E-state index in [1.165, 1.54) is 6.92 Å². The van der Waals surface area contributed by atoms with E-state index in [0.29, 0.717) is 6.42 Å². The van der Waals surface area contributed by atoms with Gasteiger partial charge >= 0.3 is 12.4 Å². The van der Waals surface area contributed by atoms with E-state index in [-0.39, 0.29) is 24.3 Å². The molecule has 0 radical (unpaired) electrons. The molecule has 0 aromatic heterocycles. The highest BCUT2D eigenvalue weighted by Gasteiger charge is 2.65. The molecular weight excluding hydrogens is 262 g/mol. The maximum absolute atomic E-state index is 12.7. The number of fused-ring (bicyclic) bond motifs is 2. The Morgan fingerprint density at radius 3 is 2.00 bits per heavy atom. The zero-order valence-corrected chi connectivity index (χ0v) is 9.49. The average Bonchev–Trinajstić information content (AvgIpc) is 2.60. The number of hydrogen-bond donors (Lipinski definition) is 1. The van der Waals surface area contributed by atoms with Crippen molar-refractivity contribution >= 4 is 0 Å². The van der Waals surface area contributed by atoms with Gasteiger partial charge in [-0.1, -0.05) is 5.57 Å². The van der Waals surface area contributed by atoms with E-state index >= 15 is 0 Å². The van der Waals surface area contributed by atoms with Crippen molar-refractivity contribution in [2.45, 2.75) is 44.1 Å². The summed E-state index contributed by atoms with van der Waals surface area (Å²) in [5.41, 5.74) is -2.73. The minimum absolute atomic E-state index is 0.0170. The standard InChI is InChI=1S/C11H12F6O/c1-5-6-2-3-9(18,4-6)7(5)8(10(12,13)14)11(15,16)17/h6,8,18H,2-4H2,1H3. The lowest BCUT2D eigenvalue weighted by atomic mass is 9.80. The lowest BCUT2D eigenvalue weighted by molar-refractivity contribution is -0.276. The Morgan fingerprint density at radius 1 is 1.17 bits per heavy atom. The van der Waals surface area contributed by atoms with Gasteiger partial charge in [0, 0.05) is 0 Å². The molecule has 1 nitrogen and oxygen atoms in total. The molecule has 1 saturated carbocycles.